The van der Waals surface area contributed by atoms with Gasteiger partial charge in [-0.25, -0.2) is 9.78 Å². The Balaban J connectivity index is 1.79. The predicted octanol–water partition coefficient (Wildman–Crippen LogP) is 3.57. The predicted molar refractivity (Wildman–Crippen MR) is 103 cm³/mol. The first-order valence-electron chi connectivity index (χ1n) is 8.75. The van der Waals surface area contributed by atoms with Crippen LogP contribution >= 0.6 is 0 Å². The lowest BCUT2D eigenvalue weighted by molar-refractivity contribution is -0.154. The Morgan fingerprint density at radius 3 is 2.35 bits per heavy atom. The number of phenolic OH excluding ortho intramolecular Hbond substituents is 1. The van der Waals surface area contributed by atoms with Crippen LogP contribution in [-0.2, 0) is 6.54 Å². The third-order valence-electron chi connectivity index (χ3n) is 3.75. The molecule has 0 aliphatic carbocycles. The quantitative estimate of drug-likeness (QED) is 0.420. The van der Waals surface area contributed by atoms with Crippen molar-refractivity contribution < 1.29 is 32.9 Å². The maximum atomic E-state index is 12.5. The van der Waals surface area contributed by atoms with E-state index in [2.05, 4.69) is 30.3 Å². The van der Waals surface area contributed by atoms with Gasteiger partial charge in [-0.2, -0.15) is 23.1 Å². The van der Waals surface area contributed by atoms with E-state index in [0.717, 1.165) is 11.8 Å². The number of aromatic hydroxyl groups is 1. The van der Waals surface area contributed by atoms with Gasteiger partial charge in [-0.1, -0.05) is 12.1 Å². The van der Waals surface area contributed by atoms with Crippen molar-refractivity contribution in [2.24, 2.45) is 0 Å². The second-order valence-corrected chi connectivity index (χ2v) is 6.21. The number of alkyl halides is 3. The van der Waals surface area contributed by atoms with Crippen molar-refractivity contribution in [2.75, 3.05) is 17.2 Å². The number of hydrogen-bond acceptors (Lipinski definition) is 8. The molecule has 0 atom stereocenters. The summed E-state index contributed by atoms with van der Waals surface area (Å²) >= 11 is 0. The van der Waals surface area contributed by atoms with Crippen LogP contribution in [-0.4, -0.2) is 43.9 Å². The van der Waals surface area contributed by atoms with Crippen LogP contribution in [0.4, 0.5) is 30.6 Å². The first-order valence-corrected chi connectivity index (χ1v) is 8.75. The second kappa shape index (κ2) is 9.15. The van der Waals surface area contributed by atoms with E-state index >= 15 is 0 Å². The zero-order valence-electron chi connectivity index (χ0n) is 15.7. The van der Waals surface area contributed by atoms with Gasteiger partial charge in [0.1, 0.15) is 23.2 Å². The standard InChI is InChI=1S/C19H16F3N5O4/c20-19(21,22)10-31-18-26-15(23-8-11-1-4-13(28)5-2-11)7-16(27-18)25-14-6-3-12(9-24-14)17(29)30/h1-7,9,28H,8,10H2,(H,29,30)(H2,23,24,25,26,27). The fraction of sp³-hybridized carbons (Fsp3) is 0.158. The molecule has 2 aromatic heterocycles. The fourth-order valence-electron chi connectivity index (χ4n) is 2.32. The van der Waals surface area contributed by atoms with Gasteiger partial charge < -0.3 is 25.6 Å². The number of aromatic nitrogens is 3. The number of nitrogens with zero attached hydrogens (tertiary/aromatic N) is 3. The van der Waals surface area contributed by atoms with Gasteiger partial charge in [-0.15, -0.1) is 0 Å². The summed E-state index contributed by atoms with van der Waals surface area (Å²) in [4.78, 5) is 22.6. The van der Waals surface area contributed by atoms with Crippen molar-refractivity contribution in [2.45, 2.75) is 12.7 Å². The molecule has 4 N–H and O–H groups in total. The number of phenols is 1. The van der Waals surface area contributed by atoms with Gasteiger partial charge in [0.25, 0.3) is 0 Å². The number of ether oxygens (including phenoxy) is 1. The van der Waals surface area contributed by atoms with Gasteiger partial charge in [0.15, 0.2) is 6.61 Å². The number of carboxylic acids is 1. The normalized spacial score (nSPS) is 11.1. The second-order valence-electron chi connectivity index (χ2n) is 6.21. The summed E-state index contributed by atoms with van der Waals surface area (Å²) in [6.45, 7) is -1.31. The molecule has 3 aromatic rings. The van der Waals surface area contributed by atoms with Gasteiger partial charge in [0.2, 0.25) is 0 Å². The smallest absolute Gasteiger partial charge is 0.422 e. The monoisotopic (exact) mass is 435 g/mol. The van der Waals surface area contributed by atoms with E-state index in [-0.39, 0.29) is 35.3 Å². The summed E-state index contributed by atoms with van der Waals surface area (Å²) < 4.78 is 42.2. The van der Waals surface area contributed by atoms with Gasteiger partial charge in [0, 0.05) is 18.8 Å². The number of halogens is 3. The maximum Gasteiger partial charge on any atom is 0.422 e. The number of anilines is 3. The fourth-order valence-corrected chi connectivity index (χ4v) is 2.32. The molecule has 0 saturated heterocycles. The van der Waals surface area contributed by atoms with Crippen LogP contribution in [0.15, 0.2) is 48.7 Å². The van der Waals surface area contributed by atoms with Gasteiger partial charge in [-0.05, 0) is 29.8 Å². The highest BCUT2D eigenvalue weighted by Crippen LogP contribution is 2.22. The molecule has 0 unspecified atom stereocenters. The van der Waals surface area contributed by atoms with Gasteiger partial charge >= 0.3 is 18.2 Å². The molecule has 0 bridgehead atoms. The Labute approximate surface area is 173 Å². The van der Waals surface area contributed by atoms with Crippen molar-refractivity contribution in [1.82, 2.24) is 15.0 Å². The van der Waals surface area contributed by atoms with E-state index in [9.17, 15) is 23.1 Å². The molecule has 9 nitrogen and oxygen atoms in total. The lowest BCUT2D eigenvalue weighted by Crippen LogP contribution is -2.20. The Bertz CT molecular complexity index is 1040. The molecule has 3 rings (SSSR count). The minimum Gasteiger partial charge on any atom is -0.508 e. The van der Waals surface area contributed by atoms with E-state index in [1.807, 2.05) is 0 Å². The van der Waals surface area contributed by atoms with E-state index in [1.54, 1.807) is 12.1 Å². The highest BCUT2D eigenvalue weighted by Gasteiger charge is 2.29. The first kappa shape index (κ1) is 21.6. The molecule has 1 aromatic carbocycles. The molecule has 0 spiro atoms. The minimum absolute atomic E-state index is 0.0290. The van der Waals surface area contributed by atoms with Crippen LogP contribution in [0.5, 0.6) is 11.8 Å². The van der Waals surface area contributed by atoms with Crippen molar-refractivity contribution in [1.29, 1.82) is 0 Å². The molecular formula is C19H16F3N5O4. The summed E-state index contributed by atoms with van der Waals surface area (Å²) in [5.41, 5.74) is 0.758. The zero-order chi connectivity index (χ0) is 22.4. The molecule has 0 radical (unpaired) electrons. The number of benzene rings is 1. The van der Waals surface area contributed by atoms with Crippen LogP contribution in [0.25, 0.3) is 0 Å². The van der Waals surface area contributed by atoms with Gasteiger partial charge in [0.05, 0.1) is 5.56 Å². The number of hydrogen-bond donors (Lipinski definition) is 4. The van der Waals surface area contributed by atoms with E-state index in [0.29, 0.717) is 0 Å². The molecule has 0 saturated carbocycles. The van der Waals surface area contributed by atoms with E-state index in [1.165, 1.54) is 30.3 Å². The molecule has 12 heteroatoms. The number of carbonyl (C=O) groups is 1. The Morgan fingerprint density at radius 2 is 1.74 bits per heavy atom. The Kier molecular flexibility index (Phi) is 6.38. The van der Waals surface area contributed by atoms with Crippen LogP contribution in [0.3, 0.4) is 0 Å². The average Bonchev–Trinajstić information content (AvgIpc) is 2.72. The topological polar surface area (TPSA) is 129 Å². The summed E-state index contributed by atoms with van der Waals surface area (Å²) in [6.07, 6.45) is -3.45. The third-order valence-corrected chi connectivity index (χ3v) is 3.75. The summed E-state index contributed by atoms with van der Waals surface area (Å²) in [5.74, 6) is -0.581. The molecule has 0 aliphatic heterocycles. The lowest BCUT2D eigenvalue weighted by Gasteiger charge is -2.13. The highest BCUT2D eigenvalue weighted by atomic mass is 19.4. The van der Waals surface area contributed by atoms with E-state index in [4.69, 9.17) is 5.11 Å². The number of nitrogens with one attached hydrogen (secondary N) is 2. The summed E-state index contributed by atoms with van der Waals surface area (Å²) in [6, 6.07) is 9.92. The molecule has 0 fully saturated rings. The average molecular weight is 435 g/mol. The molecule has 0 amide bonds. The number of pyridine rings is 1. The zero-order valence-corrected chi connectivity index (χ0v) is 15.7. The summed E-state index contributed by atoms with van der Waals surface area (Å²) in [7, 11) is 0. The minimum atomic E-state index is -4.57. The van der Waals surface area contributed by atoms with Crippen LogP contribution in [0, 0.1) is 0 Å². The molecular weight excluding hydrogens is 419 g/mol. The van der Waals surface area contributed by atoms with E-state index < -0.39 is 24.8 Å². The Morgan fingerprint density at radius 1 is 1.03 bits per heavy atom. The van der Waals surface area contributed by atoms with Crippen LogP contribution in [0.1, 0.15) is 15.9 Å². The van der Waals surface area contributed by atoms with Crippen molar-refractivity contribution >= 4 is 23.4 Å². The molecule has 2 heterocycles. The summed E-state index contributed by atoms with van der Waals surface area (Å²) in [5, 5.41) is 24.0. The molecule has 162 valence electrons. The van der Waals surface area contributed by atoms with Crippen LogP contribution in [0.2, 0.25) is 0 Å². The molecule has 31 heavy (non-hydrogen) atoms. The largest absolute Gasteiger partial charge is 0.508 e. The van der Waals surface area contributed by atoms with Crippen molar-refractivity contribution in [3.8, 4) is 11.8 Å². The maximum absolute atomic E-state index is 12.5. The van der Waals surface area contributed by atoms with Gasteiger partial charge in [-0.3, -0.25) is 0 Å². The molecule has 0 aliphatic rings. The van der Waals surface area contributed by atoms with Crippen LogP contribution < -0.4 is 15.4 Å². The highest BCUT2D eigenvalue weighted by molar-refractivity contribution is 5.87. The lowest BCUT2D eigenvalue weighted by atomic mass is 10.2. The Hall–Kier alpha value is -4.09. The third kappa shape index (κ3) is 6.73. The SMILES string of the molecule is O=C(O)c1ccc(Nc2cc(NCc3ccc(O)cc3)nc(OCC(F)(F)F)n2)nc1. The van der Waals surface area contributed by atoms with Crippen molar-refractivity contribution in [3.63, 3.8) is 0 Å². The first-order chi connectivity index (χ1) is 14.7. The van der Waals surface area contributed by atoms with Crippen molar-refractivity contribution in [3.05, 3.63) is 59.8 Å². The number of aromatic carboxylic acids is 1. The number of rotatable bonds is 8. The number of carboxylic acid groups (broad SMARTS) is 1.